The molecule has 1 spiro atoms. The van der Waals surface area contributed by atoms with Crippen LogP contribution in [0.15, 0.2) is 64.8 Å². The van der Waals surface area contributed by atoms with Gasteiger partial charge in [0.2, 0.25) is 23.2 Å². The molecule has 0 fully saturated rings. The monoisotopic (exact) mass is 720 g/mol. The Bertz CT molecular complexity index is 1930. The van der Waals surface area contributed by atoms with Crippen LogP contribution in [-0.2, 0) is 14.4 Å². The van der Waals surface area contributed by atoms with Crippen LogP contribution in [0.2, 0.25) is 5.02 Å². The third-order valence-electron chi connectivity index (χ3n) is 9.73. The molecule has 0 saturated carbocycles. The van der Waals surface area contributed by atoms with Crippen molar-refractivity contribution in [2.75, 3.05) is 39.4 Å². The summed E-state index contributed by atoms with van der Waals surface area (Å²) in [4.78, 5) is 55.6. The Hall–Kier alpha value is -4.68. The van der Waals surface area contributed by atoms with Crippen molar-refractivity contribution in [1.82, 2.24) is 5.32 Å². The van der Waals surface area contributed by atoms with E-state index < -0.39 is 46.6 Å². The SMILES string of the molecule is COc1ccc2c(c1)C(CCNC(=O)CC(C1=C(O)[C@@]3(Oc4c(Cl)c(OC)cc(OC)c4C3=O)[C@H](C)CC1=O)c1ccc(SC)cc1)C(=O)N2. The molecule has 1 aliphatic carbocycles. The summed E-state index contributed by atoms with van der Waals surface area (Å²) in [7, 11) is 4.35. The Morgan fingerprint density at radius 3 is 2.46 bits per heavy atom. The third kappa shape index (κ3) is 5.83. The highest BCUT2D eigenvalue weighted by Crippen LogP contribution is 2.56. The van der Waals surface area contributed by atoms with E-state index in [-0.39, 0.29) is 58.7 Å². The summed E-state index contributed by atoms with van der Waals surface area (Å²) in [6, 6.07) is 14.1. The Balaban J connectivity index is 1.33. The largest absolute Gasteiger partial charge is 0.507 e. The number of aliphatic hydroxyl groups is 1. The quantitative estimate of drug-likeness (QED) is 0.194. The number of ketones is 2. The first-order valence-corrected chi connectivity index (χ1v) is 17.6. The maximum atomic E-state index is 14.3. The highest BCUT2D eigenvalue weighted by Gasteiger charge is 2.61. The zero-order valence-corrected chi connectivity index (χ0v) is 29.8. The molecule has 3 aromatic rings. The first-order chi connectivity index (χ1) is 24.0. The predicted octanol–water partition coefficient (Wildman–Crippen LogP) is 6.24. The normalized spacial score (nSPS) is 21.4. The van der Waals surface area contributed by atoms with Gasteiger partial charge in [-0.2, -0.15) is 0 Å². The molecule has 3 aliphatic rings. The minimum Gasteiger partial charge on any atom is -0.507 e. The molecule has 50 heavy (non-hydrogen) atoms. The van der Waals surface area contributed by atoms with Crippen LogP contribution < -0.4 is 29.6 Å². The smallest absolute Gasteiger partial charge is 0.232 e. The summed E-state index contributed by atoms with van der Waals surface area (Å²) >= 11 is 8.14. The number of aliphatic hydroxyl groups excluding tert-OH is 1. The van der Waals surface area contributed by atoms with Crippen LogP contribution >= 0.6 is 23.4 Å². The van der Waals surface area contributed by atoms with Gasteiger partial charge in [-0.1, -0.05) is 30.7 Å². The lowest BCUT2D eigenvalue weighted by molar-refractivity contribution is -0.122. The number of fused-ring (bicyclic) bond motifs is 2. The van der Waals surface area contributed by atoms with Gasteiger partial charge in [-0.05, 0) is 54.1 Å². The maximum absolute atomic E-state index is 14.3. The van der Waals surface area contributed by atoms with Crippen molar-refractivity contribution in [2.45, 2.75) is 48.5 Å². The van der Waals surface area contributed by atoms with Crippen molar-refractivity contribution in [3.8, 4) is 23.0 Å². The number of methoxy groups -OCH3 is 3. The third-order valence-corrected chi connectivity index (χ3v) is 10.8. The first-order valence-electron chi connectivity index (χ1n) is 16.0. The van der Waals surface area contributed by atoms with Crippen LogP contribution in [0.3, 0.4) is 0 Å². The number of anilines is 1. The molecule has 3 N–H and O–H groups in total. The van der Waals surface area contributed by atoms with Crippen LogP contribution in [0, 0.1) is 5.92 Å². The standard InChI is InChI=1S/C37H37ClN2O9S/c1-18-14-26(41)30(34(43)37(18)35(44)31-27(47-3)17-28(48-4)32(38)33(31)49-37)23(19-6-9-21(50-5)10-7-19)16-29(42)39-13-12-22-24-15-20(46-2)8-11-25(24)40-36(22)45/h6-11,15,17-18,22-23,43H,12-14,16H2,1-5H3,(H,39,42)(H,40,45)/t18-,22?,23?,37+/m1/s1. The molecule has 2 unspecified atom stereocenters. The van der Waals surface area contributed by atoms with Crippen molar-refractivity contribution in [2.24, 2.45) is 5.92 Å². The molecule has 3 aromatic carbocycles. The fourth-order valence-corrected chi connectivity index (χ4v) is 7.77. The molecule has 0 aromatic heterocycles. The molecule has 0 radical (unpaired) electrons. The topological polar surface area (TPSA) is 149 Å². The summed E-state index contributed by atoms with van der Waals surface area (Å²) in [6.07, 6.45) is 1.88. The van der Waals surface area contributed by atoms with Crippen LogP contribution in [0.25, 0.3) is 0 Å². The van der Waals surface area contributed by atoms with Crippen molar-refractivity contribution in [1.29, 1.82) is 0 Å². The number of halogens is 1. The molecule has 0 bridgehead atoms. The van der Waals surface area contributed by atoms with E-state index in [9.17, 15) is 24.3 Å². The van der Waals surface area contributed by atoms with E-state index in [1.54, 1.807) is 44.4 Å². The molecule has 4 atom stereocenters. The zero-order valence-electron chi connectivity index (χ0n) is 28.2. The predicted molar refractivity (Wildman–Crippen MR) is 188 cm³/mol. The maximum Gasteiger partial charge on any atom is 0.232 e. The van der Waals surface area contributed by atoms with Gasteiger partial charge in [0, 0.05) is 53.4 Å². The van der Waals surface area contributed by atoms with Gasteiger partial charge in [0.25, 0.3) is 0 Å². The van der Waals surface area contributed by atoms with Gasteiger partial charge in [-0.15, -0.1) is 11.8 Å². The summed E-state index contributed by atoms with van der Waals surface area (Å²) < 4.78 is 22.5. The van der Waals surface area contributed by atoms with E-state index in [1.807, 2.05) is 18.4 Å². The number of allylic oxidation sites excluding steroid dienone is 1. The van der Waals surface area contributed by atoms with Crippen molar-refractivity contribution in [3.05, 3.63) is 81.6 Å². The first kappa shape index (κ1) is 35.2. The molecular formula is C37H37ClN2O9S. The highest BCUT2D eigenvalue weighted by atomic mass is 35.5. The molecule has 6 rings (SSSR count). The summed E-state index contributed by atoms with van der Waals surface area (Å²) in [6.45, 7) is 1.82. The summed E-state index contributed by atoms with van der Waals surface area (Å²) in [5.41, 5.74) is 0.0231. The molecule has 2 aliphatic heterocycles. The second-order valence-electron chi connectivity index (χ2n) is 12.4. The van der Waals surface area contributed by atoms with Gasteiger partial charge in [0.1, 0.15) is 27.8 Å². The molecular weight excluding hydrogens is 684 g/mol. The number of nitrogens with one attached hydrogen (secondary N) is 2. The molecule has 13 heteroatoms. The van der Waals surface area contributed by atoms with Gasteiger partial charge in [0.05, 0.1) is 27.2 Å². The minimum atomic E-state index is -1.99. The molecule has 11 nitrogen and oxygen atoms in total. The lowest BCUT2D eigenvalue weighted by Crippen LogP contribution is -2.53. The lowest BCUT2D eigenvalue weighted by Gasteiger charge is -2.38. The lowest BCUT2D eigenvalue weighted by atomic mass is 9.69. The van der Waals surface area contributed by atoms with Gasteiger partial charge in [-0.25, -0.2) is 0 Å². The van der Waals surface area contributed by atoms with Gasteiger partial charge in [-0.3, -0.25) is 19.2 Å². The second-order valence-corrected chi connectivity index (χ2v) is 13.7. The molecule has 0 saturated heterocycles. The van der Waals surface area contributed by atoms with E-state index in [1.165, 1.54) is 32.0 Å². The van der Waals surface area contributed by atoms with E-state index >= 15 is 0 Å². The van der Waals surface area contributed by atoms with Gasteiger partial charge >= 0.3 is 0 Å². The fourth-order valence-electron chi connectivity index (χ4n) is 7.09. The van der Waals surface area contributed by atoms with Gasteiger partial charge < -0.3 is 34.7 Å². The average Bonchev–Trinajstić information content (AvgIpc) is 3.60. The second kappa shape index (κ2) is 13.9. The molecule has 2 heterocycles. The van der Waals surface area contributed by atoms with Crippen molar-refractivity contribution in [3.63, 3.8) is 0 Å². The van der Waals surface area contributed by atoms with Gasteiger partial charge in [0.15, 0.2) is 17.3 Å². The Labute approximate surface area is 298 Å². The Morgan fingerprint density at radius 2 is 1.80 bits per heavy atom. The molecule has 262 valence electrons. The average molecular weight is 721 g/mol. The number of ether oxygens (including phenoxy) is 4. The van der Waals surface area contributed by atoms with Crippen LogP contribution in [0.4, 0.5) is 5.69 Å². The number of rotatable bonds is 11. The Kier molecular flexibility index (Phi) is 9.78. The fraction of sp³-hybridized carbons (Fsp3) is 0.351. The number of carbonyl (C=O) groups is 4. The minimum absolute atomic E-state index is 0.0197. The van der Waals surface area contributed by atoms with Crippen LogP contribution in [0.1, 0.15) is 59.5 Å². The number of carbonyl (C=O) groups excluding carboxylic acids is 4. The number of Topliss-reactive ketones (excluding diaryl/α,β-unsaturated/α-hetero) is 2. The van der Waals surface area contributed by atoms with E-state index in [0.29, 0.717) is 23.4 Å². The Morgan fingerprint density at radius 1 is 1.08 bits per heavy atom. The number of thioether (sulfide) groups is 1. The number of hydrogen-bond donors (Lipinski definition) is 3. The van der Waals surface area contributed by atoms with Crippen LogP contribution in [-0.4, -0.2) is 68.2 Å². The highest BCUT2D eigenvalue weighted by molar-refractivity contribution is 7.98. The van der Waals surface area contributed by atoms with Crippen LogP contribution in [0.5, 0.6) is 23.0 Å². The van der Waals surface area contributed by atoms with E-state index in [4.69, 9.17) is 30.5 Å². The van der Waals surface area contributed by atoms with E-state index in [0.717, 1.165) is 10.5 Å². The number of benzene rings is 3. The van der Waals surface area contributed by atoms with E-state index in [2.05, 4.69) is 10.6 Å². The van der Waals surface area contributed by atoms with Crippen molar-refractivity contribution >= 4 is 52.4 Å². The molecule has 2 amide bonds. The number of amides is 2. The summed E-state index contributed by atoms with van der Waals surface area (Å²) in [5, 5.41) is 17.9. The zero-order chi connectivity index (χ0) is 35.9. The number of hydrogen-bond acceptors (Lipinski definition) is 10. The van der Waals surface area contributed by atoms with Crippen molar-refractivity contribution < 1.29 is 43.2 Å². The summed E-state index contributed by atoms with van der Waals surface area (Å²) in [5.74, 6) is -3.45.